The van der Waals surface area contributed by atoms with E-state index in [2.05, 4.69) is 72.5 Å². The SMILES string of the molecule is C=C/C(=C\c1ccccc1C)C1CCCCC1I. The van der Waals surface area contributed by atoms with Gasteiger partial charge in [-0.15, -0.1) is 0 Å². The van der Waals surface area contributed by atoms with E-state index in [-0.39, 0.29) is 0 Å². The maximum Gasteiger partial charge on any atom is 0.0178 e. The predicted octanol–water partition coefficient (Wildman–Crippen LogP) is 5.56. The first-order chi connectivity index (χ1) is 8.72. The summed E-state index contributed by atoms with van der Waals surface area (Å²) < 4.78 is 0.768. The first-order valence-electron chi connectivity index (χ1n) is 6.76. The van der Waals surface area contributed by atoms with Crippen LogP contribution in [0.25, 0.3) is 6.08 Å². The van der Waals surface area contributed by atoms with Crippen LogP contribution >= 0.6 is 22.6 Å². The van der Waals surface area contributed by atoms with E-state index in [1.54, 1.807) is 0 Å². The predicted molar refractivity (Wildman–Crippen MR) is 89.1 cm³/mol. The Kier molecular flexibility index (Phi) is 5.04. The molecule has 0 N–H and O–H groups in total. The molecular weight excluding hydrogens is 331 g/mol. The molecule has 1 aliphatic rings. The van der Waals surface area contributed by atoms with Crippen LogP contribution in [0.15, 0.2) is 42.5 Å². The molecule has 2 atom stereocenters. The summed E-state index contributed by atoms with van der Waals surface area (Å²) >= 11 is 2.62. The molecule has 1 saturated carbocycles. The van der Waals surface area contributed by atoms with E-state index in [4.69, 9.17) is 0 Å². The van der Waals surface area contributed by atoms with Gasteiger partial charge >= 0.3 is 0 Å². The summed E-state index contributed by atoms with van der Waals surface area (Å²) in [6, 6.07) is 8.59. The van der Waals surface area contributed by atoms with Gasteiger partial charge in [0.25, 0.3) is 0 Å². The van der Waals surface area contributed by atoms with Crippen LogP contribution in [0.4, 0.5) is 0 Å². The summed E-state index contributed by atoms with van der Waals surface area (Å²) in [5.74, 6) is 0.691. The Hall–Kier alpha value is -0.570. The van der Waals surface area contributed by atoms with Crippen LogP contribution in [0.2, 0.25) is 0 Å². The number of benzene rings is 1. The Balaban J connectivity index is 2.27. The number of allylic oxidation sites excluding steroid dienone is 2. The smallest absolute Gasteiger partial charge is 0.0178 e. The fraction of sp³-hybridized carbons (Fsp3) is 0.412. The maximum absolute atomic E-state index is 4.02. The van der Waals surface area contributed by atoms with Crippen molar-refractivity contribution in [1.82, 2.24) is 0 Å². The van der Waals surface area contributed by atoms with Gasteiger partial charge in [0.05, 0.1) is 0 Å². The van der Waals surface area contributed by atoms with Gasteiger partial charge in [0.15, 0.2) is 0 Å². The number of aryl methyl sites for hydroxylation is 1. The number of halogens is 1. The highest BCUT2D eigenvalue weighted by molar-refractivity contribution is 14.1. The Morgan fingerprint density at radius 1 is 1.28 bits per heavy atom. The zero-order valence-corrected chi connectivity index (χ0v) is 13.2. The van der Waals surface area contributed by atoms with Crippen LogP contribution in [-0.2, 0) is 0 Å². The van der Waals surface area contributed by atoms with Crippen molar-refractivity contribution >= 4 is 28.7 Å². The van der Waals surface area contributed by atoms with Gasteiger partial charge in [-0.3, -0.25) is 0 Å². The quantitative estimate of drug-likeness (QED) is 0.380. The lowest BCUT2D eigenvalue weighted by atomic mass is 9.83. The van der Waals surface area contributed by atoms with Crippen molar-refractivity contribution in [2.75, 3.05) is 0 Å². The van der Waals surface area contributed by atoms with Crippen molar-refractivity contribution in [3.63, 3.8) is 0 Å². The zero-order chi connectivity index (χ0) is 13.0. The third kappa shape index (κ3) is 3.25. The van der Waals surface area contributed by atoms with E-state index < -0.39 is 0 Å². The minimum absolute atomic E-state index is 0.691. The molecule has 2 unspecified atom stereocenters. The molecular formula is C17H21I. The molecule has 18 heavy (non-hydrogen) atoms. The van der Waals surface area contributed by atoms with Gasteiger partial charge in [0.1, 0.15) is 0 Å². The van der Waals surface area contributed by atoms with Crippen LogP contribution in [-0.4, -0.2) is 3.92 Å². The standard InChI is InChI=1S/C17H21I/c1-3-14(16-10-6-7-11-17(16)18)12-15-9-5-4-8-13(15)2/h3-5,8-9,12,16-17H,1,6-7,10-11H2,2H3/b14-12+. The van der Waals surface area contributed by atoms with E-state index in [0.29, 0.717) is 5.92 Å². The zero-order valence-electron chi connectivity index (χ0n) is 11.0. The summed E-state index contributed by atoms with van der Waals surface area (Å²) in [6.07, 6.45) is 9.82. The Labute approximate surface area is 124 Å². The van der Waals surface area contributed by atoms with Gasteiger partial charge in [-0.1, -0.05) is 78.4 Å². The molecule has 0 nitrogen and oxygen atoms in total. The molecule has 2 rings (SSSR count). The molecule has 0 amide bonds. The fourth-order valence-corrected chi connectivity index (χ4v) is 3.92. The molecule has 1 fully saturated rings. The van der Waals surface area contributed by atoms with Crippen molar-refractivity contribution in [2.24, 2.45) is 5.92 Å². The van der Waals surface area contributed by atoms with Gasteiger partial charge in [0, 0.05) is 3.92 Å². The van der Waals surface area contributed by atoms with Gasteiger partial charge < -0.3 is 0 Å². The van der Waals surface area contributed by atoms with Gasteiger partial charge in [-0.25, -0.2) is 0 Å². The molecule has 0 saturated heterocycles. The second-order valence-corrected chi connectivity index (χ2v) is 6.71. The van der Waals surface area contributed by atoms with E-state index in [9.17, 15) is 0 Å². The van der Waals surface area contributed by atoms with Crippen LogP contribution in [0.1, 0.15) is 36.8 Å². The van der Waals surface area contributed by atoms with Crippen molar-refractivity contribution in [1.29, 1.82) is 0 Å². The summed E-state index contributed by atoms with van der Waals surface area (Å²) in [4.78, 5) is 0. The van der Waals surface area contributed by atoms with Crippen molar-refractivity contribution in [3.05, 3.63) is 53.6 Å². The topological polar surface area (TPSA) is 0 Å². The van der Waals surface area contributed by atoms with Crippen LogP contribution < -0.4 is 0 Å². The van der Waals surface area contributed by atoms with E-state index >= 15 is 0 Å². The molecule has 0 aliphatic heterocycles. The molecule has 0 bridgehead atoms. The monoisotopic (exact) mass is 352 g/mol. The van der Waals surface area contributed by atoms with Gasteiger partial charge in [-0.2, -0.15) is 0 Å². The molecule has 1 heteroatoms. The van der Waals surface area contributed by atoms with E-state index in [0.717, 1.165) is 3.92 Å². The van der Waals surface area contributed by atoms with Crippen molar-refractivity contribution < 1.29 is 0 Å². The molecule has 1 aromatic carbocycles. The average Bonchev–Trinajstić information content (AvgIpc) is 2.39. The third-order valence-corrected chi connectivity index (χ3v) is 5.35. The minimum Gasteiger partial charge on any atom is -0.0988 e. The lowest BCUT2D eigenvalue weighted by Crippen LogP contribution is -2.20. The fourth-order valence-electron chi connectivity index (χ4n) is 2.71. The number of hydrogen-bond donors (Lipinski definition) is 0. The highest BCUT2D eigenvalue weighted by Crippen LogP contribution is 2.36. The van der Waals surface area contributed by atoms with Crippen LogP contribution in [0.5, 0.6) is 0 Å². The molecule has 1 aromatic rings. The lowest BCUT2D eigenvalue weighted by molar-refractivity contribution is 0.434. The Morgan fingerprint density at radius 2 is 2.00 bits per heavy atom. The average molecular weight is 352 g/mol. The van der Waals surface area contributed by atoms with E-state index in [1.807, 2.05) is 0 Å². The molecule has 0 radical (unpaired) electrons. The highest BCUT2D eigenvalue weighted by Gasteiger charge is 2.24. The Bertz CT molecular complexity index is 445. The first kappa shape index (κ1) is 13.9. The molecule has 1 aliphatic carbocycles. The summed E-state index contributed by atoms with van der Waals surface area (Å²) in [5.41, 5.74) is 4.10. The maximum atomic E-state index is 4.02. The van der Waals surface area contributed by atoms with Crippen molar-refractivity contribution in [2.45, 2.75) is 36.5 Å². The second-order valence-electron chi connectivity index (χ2n) is 5.11. The number of alkyl halides is 1. The van der Waals surface area contributed by atoms with Gasteiger partial charge in [0.2, 0.25) is 0 Å². The van der Waals surface area contributed by atoms with Gasteiger partial charge in [-0.05, 0) is 42.4 Å². The number of rotatable bonds is 3. The Morgan fingerprint density at radius 3 is 2.67 bits per heavy atom. The number of hydrogen-bond acceptors (Lipinski definition) is 0. The normalized spacial score (nSPS) is 24.9. The van der Waals surface area contributed by atoms with Crippen LogP contribution in [0, 0.1) is 12.8 Å². The summed E-state index contributed by atoms with van der Waals surface area (Å²) in [6.45, 7) is 6.20. The minimum atomic E-state index is 0.691. The van der Waals surface area contributed by atoms with E-state index in [1.165, 1.54) is 42.4 Å². The van der Waals surface area contributed by atoms with Crippen molar-refractivity contribution in [3.8, 4) is 0 Å². The molecule has 0 heterocycles. The largest absolute Gasteiger partial charge is 0.0988 e. The molecule has 96 valence electrons. The highest BCUT2D eigenvalue weighted by atomic mass is 127. The second kappa shape index (κ2) is 6.55. The summed E-state index contributed by atoms with van der Waals surface area (Å²) in [5, 5.41) is 0. The third-order valence-electron chi connectivity index (χ3n) is 3.86. The lowest BCUT2D eigenvalue weighted by Gasteiger charge is -2.28. The molecule has 0 spiro atoms. The molecule has 0 aromatic heterocycles. The first-order valence-corrected chi connectivity index (χ1v) is 8.00. The van der Waals surface area contributed by atoms with Crippen LogP contribution in [0.3, 0.4) is 0 Å². The summed E-state index contributed by atoms with van der Waals surface area (Å²) in [7, 11) is 0.